The Kier molecular flexibility index (Phi) is 11.9. The summed E-state index contributed by atoms with van der Waals surface area (Å²) in [6.07, 6.45) is 21.0. The summed E-state index contributed by atoms with van der Waals surface area (Å²) in [5.74, 6) is 2.94. The van der Waals surface area contributed by atoms with Gasteiger partial charge < -0.3 is 0 Å². The quantitative estimate of drug-likeness (QED) is 0.220. The molecule has 0 aliphatic rings. The normalized spacial score (nSPS) is 14.1. The van der Waals surface area contributed by atoms with E-state index in [4.69, 9.17) is 18.0 Å². The molecule has 0 amide bonds. The minimum absolute atomic E-state index is 0.362. The Morgan fingerprint density at radius 3 is 2.24 bits per heavy atom. The summed E-state index contributed by atoms with van der Waals surface area (Å²) in [5, 5.41) is 0. The van der Waals surface area contributed by atoms with Crippen LogP contribution in [0, 0.1) is 12.3 Å². The third kappa shape index (κ3) is 10.3. The SMILES string of the molecule is C#C/C(=C\C=C(\C)C/C=C(\C=C)C/C(C)=C/C(=C\C=C)C(=C)C)CCl. The van der Waals surface area contributed by atoms with Crippen molar-refractivity contribution in [2.45, 2.75) is 33.6 Å². The Hall–Kier alpha value is -2.23. The zero-order chi connectivity index (χ0) is 19.2. The average Bonchev–Trinajstić information content (AvgIpc) is 2.58. The summed E-state index contributed by atoms with van der Waals surface area (Å²) in [6, 6.07) is 0. The number of allylic oxidation sites excluding steroid dienone is 13. The van der Waals surface area contributed by atoms with Gasteiger partial charge >= 0.3 is 0 Å². The molecule has 25 heavy (non-hydrogen) atoms. The summed E-state index contributed by atoms with van der Waals surface area (Å²) in [7, 11) is 0. The highest BCUT2D eigenvalue weighted by Gasteiger charge is 1.99. The third-order valence-corrected chi connectivity index (χ3v) is 3.81. The highest BCUT2D eigenvalue weighted by molar-refractivity contribution is 6.19. The largest absolute Gasteiger partial charge is 0.121 e. The molecule has 1 heteroatoms. The molecule has 0 N–H and O–H groups in total. The molecule has 0 aromatic carbocycles. The molecule has 0 aliphatic carbocycles. The van der Waals surface area contributed by atoms with E-state index in [1.807, 2.05) is 31.2 Å². The predicted molar refractivity (Wildman–Crippen MR) is 116 cm³/mol. The number of alkyl halides is 1. The van der Waals surface area contributed by atoms with Crippen molar-refractivity contribution >= 4 is 11.6 Å². The topological polar surface area (TPSA) is 0 Å². The molecule has 0 radical (unpaired) electrons. The first kappa shape index (κ1) is 22.8. The van der Waals surface area contributed by atoms with Crippen LogP contribution in [0.3, 0.4) is 0 Å². The summed E-state index contributed by atoms with van der Waals surface area (Å²) in [6.45, 7) is 17.9. The summed E-state index contributed by atoms with van der Waals surface area (Å²) in [5.41, 5.74) is 6.57. The van der Waals surface area contributed by atoms with E-state index in [2.05, 4.69) is 51.7 Å². The summed E-state index contributed by atoms with van der Waals surface area (Å²) >= 11 is 5.76. The van der Waals surface area contributed by atoms with Gasteiger partial charge in [0, 0.05) is 5.57 Å². The van der Waals surface area contributed by atoms with Crippen LogP contribution >= 0.6 is 11.6 Å². The molecule has 0 fully saturated rings. The number of hydrogen-bond acceptors (Lipinski definition) is 0. The van der Waals surface area contributed by atoms with E-state index in [-0.39, 0.29) is 0 Å². The van der Waals surface area contributed by atoms with Gasteiger partial charge in [0.15, 0.2) is 0 Å². The van der Waals surface area contributed by atoms with Crippen molar-refractivity contribution in [3.63, 3.8) is 0 Å². The van der Waals surface area contributed by atoms with Gasteiger partial charge in [-0.3, -0.25) is 0 Å². The molecule has 0 bridgehead atoms. The fourth-order valence-electron chi connectivity index (χ4n) is 2.04. The van der Waals surface area contributed by atoms with E-state index >= 15 is 0 Å². The molecule has 0 unspecified atom stereocenters. The van der Waals surface area contributed by atoms with Gasteiger partial charge in [0.1, 0.15) is 0 Å². The molecule has 0 atom stereocenters. The van der Waals surface area contributed by atoms with E-state index in [0.717, 1.165) is 29.6 Å². The maximum atomic E-state index is 5.76. The molecular weight excluding hydrogens is 324 g/mol. The Labute approximate surface area is 159 Å². The van der Waals surface area contributed by atoms with Crippen LogP contribution in [0.25, 0.3) is 0 Å². The zero-order valence-electron chi connectivity index (χ0n) is 15.7. The molecule has 0 saturated carbocycles. The van der Waals surface area contributed by atoms with Crippen molar-refractivity contribution in [3.8, 4) is 12.3 Å². The van der Waals surface area contributed by atoms with Crippen LogP contribution in [0.4, 0.5) is 0 Å². The van der Waals surface area contributed by atoms with Crippen molar-refractivity contribution in [1.29, 1.82) is 0 Å². The lowest BCUT2D eigenvalue weighted by atomic mass is 9.99. The number of rotatable bonds is 10. The zero-order valence-corrected chi connectivity index (χ0v) is 16.5. The summed E-state index contributed by atoms with van der Waals surface area (Å²) < 4.78 is 0. The molecule has 0 saturated heterocycles. The van der Waals surface area contributed by atoms with Gasteiger partial charge in [-0.25, -0.2) is 0 Å². The maximum absolute atomic E-state index is 5.76. The molecule has 0 nitrogen and oxygen atoms in total. The Morgan fingerprint density at radius 2 is 1.76 bits per heavy atom. The fourth-order valence-corrected chi connectivity index (χ4v) is 2.21. The highest BCUT2D eigenvalue weighted by Crippen LogP contribution is 2.18. The van der Waals surface area contributed by atoms with Gasteiger partial charge in [-0.2, -0.15) is 0 Å². The second-order valence-corrected chi connectivity index (χ2v) is 6.24. The van der Waals surface area contributed by atoms with Gasteiger partial charge in [-0.15, -0.1) is 18.0 Å². The van der Waals surface area contributed by atoms with E-state index < -0.39 is 0 Å². The minimum atomic E-state index is 0.362. The maximum Gasteiger partial charge on any atom is 0.0553 e. The number of terminal acetylenes is 1. The molecular formula is C24H29Cl. The second kappa shape index (κ2) is 13.1. The Morgan fingerprint density at radius 1 is 1.08 bits per heavy atom. The Balaban J connectivity index is 5.11. The van der Waals surface area contributed by atoms with E-state index in [1.165, 1.54) is 16.7 Å². The molecule has 0 aromatic rings. The second-order valence-electron chi connectivity index (χ2n) is 5.98. The van der Waals surface area contributed by atoms with Crippen molar-refractivity contribution in [2.75, 3.05) is 5.88 Å². The molecule has 0 spiro atoms. The Bertz CT molecular complexity index is 682. The third-order valence-electron chi connectivity index (χ3n) is 3.52. The molecule has 0 heterocycles. The number of hydrogen-bond donors (Lipinski definition) is 0. The van der Waals surface area contributed by atoms with Gasteiger partial charge in [-0.05, 0) is 50.8 Å². The fraction of sp³-hybridized carbons (Fsp3) is 0.250. The van der Waals surface area contributed by atoms with Crippen LogP contribution in [0.2, 0.25) is 0 Å². The molecule has 132 valence electrons. The van der Waals surface area contributed by atoms with Crippen LogP contribution in [0.1, 0.15) is 33.6 Å². The van der Waals surface area contributed by atoms with Gasteiger partial charge in [0.25, 0.3) is 0 Å². The van der Waals surface area contributed by atoms with Crippen molar-refractivity contribution in [2.24, 2.45) is 0 Å². The molecule has 0 aliphatic heterocycles. The predicted octanol–water partition coefficient (Wildman–Crippen LogP) is 7.26. The minimum Gasteiger partial charge on any atom is -0.121 e. The molecule has 0 aromatic heterocycles. The summed E-state index contributed by atoms with van der Waals surface area (Å²) in [4.78, 5) is 0. The first-order chi connectivity index (χ1) is 11.9. The number of halogens is 1. The first-order valence-corrected chi connectivity index (χ1v) is 8.77. The monoisotopic (exact) mass is 352 g/mol. The lowest BCUT2D eigenvalue weighted by Crippen LogP contribution is -1.87. The van der Waals surface area contributed by atoms with Crippen LogP contribution in [-0.4, -0.2) is 5.88 Å². The van der Waals surface area contributed by atoms with Crippen molar-refractivity contribution in [3.05, 3.63) is 95.7 Å². The average molecular weight is 353 g/mol. The van der Waals surface area contributed by atoms with Crippen LogP contribution in [0.15, 0.2) is 95.7 Å². The lowest BCUT2D eigenvalue weighted by Gasteiger charge is -2.06. The van der Waals surface area contributed by atoms with E-state index in [0.29, 0.717) is 5.88 Å². The van der Waals surface area contributed by atoms with Crippen LogP contribution < -0.4 is 0 Å². The first-order valence-electron chi connectivity index (χ1n) is 8.24. The standard InChI is InChI=1S/C24H29Cl/c1-8-11-24(19(4)5)17-21(7)16-22(9-2)14-12-20(6)13-15-23(10-3)18-25/h3,8-9,11,13-15,17H,1-2,4,12,16,18H2,5-7H3/b20-13-,21-17+,22-14+,23-15+,24-11+. The van der Waals surface area contributed by atoms with Crippen LogP contribution in [-0.2, 0) is 0 Å². The highest BCUT2D eigenvalue weighted by atomic mass is 35.5. The lowest BCUT2D eigenvalue weighted by molar-refractivity contribution is 1.10. The molecule has 0 rings (SSSR count). The van der Waals surface area contributed by atoms with Gasteiger partial charge in [0.05, 0.1) is 5.88 Å². The van der Waals surface area contributed by atoms with E-state index in [9.17, 15) is 0 Å². The van der Waals surface area contributed by atoms with E-state index in [1.54, 1.807) is 6.08 Å². The van der Waals surface area contributed by atoms with Gasteiger partial charge in [0.2, 0.25) is 0 Å². The van der Waals surface area contributed by atoms with Crippen molar-refractivity contribution < 1.29 is 0 Å². The van der Waals surface area contributed by atoms with Gasteiger partial charge in [-0.1, -0.05) is 78.8 Å². The smallest absolute Gasteiger partial charge is 0.0553 e. The van der Waals surface area contributed by atoms with Crippen molar-refractivity contribution in [1.82, 2.24) is 0 Å². The van der Waals surface area contributed by atoms with Crippen LogP contribution in [0.5, 0.6) is 0 Å².